The van der Waals surface area contributed by atoms with Crippen molar-refractivity contribution in [3.05, 3.63) is 28.5 Å². The Bertz CT molecular complexity index is 677. The zero-order valence-electron chi connectivity index (χ0n) is 15.0. The van der Waals surface area contributed by atoms with E-state index in [1.807, 2.05) is 40.7 Å². The zero-order chi connectivity index (χ0) is 18.0. The molecule has 4 nitrogen and oxygen atoms in total. The van der Waals surface area contributed by atoms with Gasteiger partial charge in [-0.05, 0) is 39.7 Å². The van der Waals surface area contributed by atoms with E-state index in [0.717, 1.165) is 11.3 Å². The smallest absolute Gasteiger partial charge is 0.407 e. The van der Waals surface area contributed by atoms with Crippen LogP contribution in [0.4, 0.5) is 4.79 Å². The molecule has 0 atom stereocenters. The van der Waals surface area contributed by atoms with Crippen molar-refractivity contribution in [3.63, 3.8) is 0 Å². The van der Waals surface area contributed by atoms with Gasteiger partial charge < -0.3 is 10.1 Å². The summed E-state index contributed by atoms with van der Waals surface area (Å²) in [5.41, 5.74) is 0.617. The molecule has 0 bridgehead atoms. The highest BCUT2D eigenvalue weighted by Crippen LogP contribution is 2.29. The summed E-state index contributed by atoms with van der Waals surface area (Å²) in [6.07, 6.45) is 3.68. The Labute approximate surface area is 149 Å². The van der Waals surface area contributed by atoms with Gasteiger partial charge in [-0.15, -0.1) is 0 Å². The van der Waals surface area contributed by atoms with Crippen LogP contribution in [-0.4, -0.2) is 23.2 Å². The van der Waals surface area contributed by atoms with Gasteiger partial charge in [-0.25, -0.2) is 4.79 Å². The maximum Gasteiger partial charge on any atom is 0.407 e. The molecule has 0 aliphatic heterocycles. The highest BCUT2D eigenvalue weighted by Gasteiger charge is 2.27. The number of ether oxygens (including phenoxy) is 1. The van der Waals surface area contributed by atoms with Crippen LogP contribution in [0.25, 0.3) is 0 Å². The molecule has 1 aromatic heterocycles. The number of carbonyl (C=O) groups is 1. The zero-order valence-corrected chi connectivity index (χ0v) is 15.8. The topological polar surface area (TPSA) is 51.2 Å². The molecule has 1 fully saturated rings. The number of carbonyl (C=O) groups excluding carboxylic acids is 1. The molecule has 1 aromatic rings. The van der Waals surface area contributed by atoms with Crippen molar-refractivity contribution in [3.8, 4) is 11.8 Å². The first kappa shape index (κ1) is 18.6. The summed E-state index contributed by atoms with van der Waals surface area (Å²) in [5, 5.41) is 3.34. The van der Waals surface area contributed by atoms with Gasteiger partial charge in [0.1, 0.15) is 5.60 Å². The number of hydrogen-bond acceptors (Lipinski definition) is 3. The monoisotopic (exact) mass is 348 g/mol. The summed E-state index contributed by atoms with van der Waals surface area (Å²) >= 11 is 6.39. The minimum atomic E-state index is -0.522. The summed E-state index contributed by atoms with van der Waals surface area (Å²) in [4.78, 5) is 16.3. The minimum Gasteiger partial charge on any atom is -0.444 e. The summed E-state index contributed by atoms with van der Waals surface area (Å²) in [7, 11) is 0. The maximum atomic E-state index is 11.8. The fraction of sp³-hybridized carbons (Fsp3) is 0.579. The van der Waals surface area contributed by atoms with Crippen molar-refractivity contribution in [2.75, 3.05) is 6.54 Å². The Morgan fingerprint density at radius 3 is 2.58 bits per heavy atom. The third-order valence-electron chi connectivity index (χ3n) is 3.55. The Morgan fingerprint density at radius 2 is 2.04 bits per heavy atom. The number of nitrogens with zero attached hydrogens (tertiary/aromatic N) is 1. The van der Waals surface area contributed by atoms with Crippen LogP contribution in [-0.2, 0) is 10.2 Å². The van der Waals surface area contributed by atoms with Gasteiger partial charge in [-0.2, -0.15) is 0 Å². The number of alkyl carbamates (subject to hydrolysis) is 1. The predicted molar refractivity (Wildman–Crippen MR) is 96.1 cm³/mol. The largest absolute Gasteiger partial charge is 0.444 e. The third kappa shape index (κ3) is 5.72. The van der Waals surface area contributed by atoms with Crippen LogP contribution in [0.5, 0.6) is 0 Å². The lowest BCUT2D eigenvalue weighted by Gasteiger charge is -2.27. The van der Waals surface area contributed by atoms with Gasteiger partial charge in [-0.3, -0.25) is 4.98 Å². The van der Waals surface area contributed by atoms with Gasteiger partial charge in [0.25, 0.3) is 0 Å². The maximum absolute atomic E-state index is 11.8. The molecule has 1 N–H and O–H groups in total. The van der Waals surface area contributed by atoms with Gasteiger partial charge >= 0.3 is 6.09 Å². The molecule has 0 saturated heterocycles. The Morgan fingerprint density at radius 1 is 1.38 bits per heavy atom. The summed E-state index contributed by atoms with van der Waals surface area (Å²) in [5.74, 6) is 6.85. The van der Waals surface area contributed by atoms with Crippen LogP contribution in [0.3, 0.4) is 0 Å². The quantitative estimate of drug-likeness (QED) is 0.828. The molecule has 1 heterocycles. The summed E-state index contributed by atoms with van der Waals surface area (Å²) in [6, 6.07) is 1.84. The Kier molecular flexibility index (Phi) is 5.45. The predicted octanol–water partition coefficient (Wildman–Crippen LogP) is 4.30. The molecule has 1 amide bonds. The number of aromatic nitrogens is 1. The summed E-state index contributed by atoms with van der Waals surface area (Å²) in [6.45, 7) is 9.83. The first-order chi connectivity index (χ1) is 11.1. The normalized spacial score (nSPS) is 14.6. The molecule has 0 unspecified atom stereocenters. The molecule has 1 saturated carbocycles. The SMILES string of the molecule is CC(C)(C)OC(=O)NCC(C)(C)c1ncc(C#CC2CC2)cc1Cl. The number of hydrogen-bond donors (Lipinski definition) is 1. The highest BCUT2D eigenvalue weighted by molar-refractivity contribution is 6.31. The first-order valence-electron chi connectivity index (χ1n) is 8.21. The second kappa shape index (κ2) is 7.03. The average Bonchev–Trinajstić information content (AvgIpc) is 3.25. The lowest BCUT2D eigenvalue weighted by atomic mass is 9.88. The van der Waals surface area contributed by atoms with E-state index < -0.39 is 17.1 Å². The van der Waals surface area contributed by atoms with Crippen molar-refractivity contribution in [2.24, 2.45) is 5.92 Å². The molecule has 0 radical (unpaired) electrons. The fourth-order valence-corrected chi connectivity index (χ4v) is 2.53. The second-order valence-corrected chi connectivity index (χ2v) is 8.24. The standard InChI is InChI=1S/C19H25ClN2O2/c1-18(2,3)24-17(23)22-12-19(4,5)16-15(20)10-14(11-21-16)9-8-13-6-7-13/h10-11,13H,6-7,12H2,1-5H3,(H,22,23). The van der Waals surface area contributed by atoms with Gasteiger partial charge in [-0.1, -0.05) is 37.3 Å². The third-order valence-corrected chi connectivity index (χ3v) is 3.84. The molecule has 0 aromatic carbocycles. The van der Waals surface area contributed by atoms with Crippen LogP contribution in [0.15, 0.2) is 12.3 Å². The van der Waals surface area contributed by atoms with E-state index in [4.69, 9.17) is 16.3 Å². The number of nitrogens with one attached hydrogen (secondary N) is 1. The summed E-state index contributed by atoms with van der Waals surface area (Å²) < 4.78 is 5.26. The van der Waals surface area contributed by atoms with Crippen molar-refractivity contribution < 1.29 is 9.53 Å². The van der Waals surface area contributed by atoms with E-state index in [-0.39, 0.29) is 0 Å². The van der Waals surface area contributed by atoms with Crippen molar-refractivity contribution >= 4 is 17.7 Å². The fourth-order valence-electron chi connectivity index (χ4n) is 2.11. The number of halogens is 1. The highest BCUT2D eigenvalue weighted by atomic mass is 35.5. The molecular formula is C19H25ClN2O2. The lowest BCUT2D eigenvalue weighted by Crippen LogP contribution is -2.40. The van der Waals surface area contributed by atoms with Crippen molar-refractivity contribution in [2.45, 2.75) is 58.5 Å². The lowest BCUT2D eigenvalue weighted by molar-refractivity contribution is 0.0517. The molecule has 5 heteroatoms. The van der Waals surface area contributed by atoms with E-state index in [2.05, 4.69) is 22.1 Å². The van der Waals surface area contributed by atoms with E-state index in [0.29, 0.717) is 17.5 Å². The van der Waals surface area contributed by atoms with Gasteiger partial charge in [0.15, 0.2) is 0 Å². The van der Waals surface area contributed by atoms with E-state index >= 15 is 0 Å². The molecule has 2 rings (SSSR count). The van der Waals surface area contributed by atoms with Crippen molar-refractivity contribution in [1.29, 1.82) is 0 Å². The first-order valence-corrected chi connectivity index (χ1v) is 8.59. The molecule has 0 spiro atoms. The van der Waals surface area contributed by atoms with Gasteiger partial charge in [0, 0.05) is 29.6 Å². The van der Waals surface area contributed by atoms with E-state index in [9.17, 15) is 4.79 Å². The van der Waals surface area contributed by atoms with Crippen LogP contribution < -0.4 is 5.32 Å². The molecule has 130 valence electrons. The van der Waals surface area contributed by atoms with Crippen LogP contribution >= 0.6 is 11.6 Å². The van der Waals surface area contributed by atoms with Gasteiger partial charge in [0.05, 0.1) is 10.7 Å². The molecule has 24 heavy (non-hydrogen) atoms. The van der Waals surface area contributed by atoms with E-state index in [1.54, 1.807) is 6.20 Å². The Hall–Kier alpha value is -1.73. The van der Waals surface area contributed by atoms with Crippen LogP contribution in [0, 0.1) is 17.8 Å². The number of pyridine rings is 1. The molecular weight excluding hydrogens is 324 g/mol. The molecule has 1 aliphatic rings. The van der Waals surface area contributed by atoms with Crippen LogP contribution in [0.2, 0.25) is 5.02 Å². The second-order valence-electron chi connectivity index (χ2n) is 7.84. The van der Waals surface area contributed by atoms with Crippen LogP contribution in [0.1, 0.15) is 58.7 Å². The van der Waals surface area contributed by atoms with E-state index in [1.165, 1.54) is 12.8 Å². The van der Waals surface area contributed by atoms with Gasteiger partial charge in [0.2, 0.25) is 0 Å². The molecule has 1 aliphatic carbocycles. The van der Waals surface area contributed by atoms with Crippen molar-refractivity contribution in [1.82, 2.24) is 10.3 Å². The Balaban J connectivity index is 2.03. The number of rotatable bonds is 3. The minimum absolute atomic E-state index is 0.377. The average molecular weight is 349 g/mol. The number of amides is 1.